The number of carbonyl (C=O) groups excluding carboxylic acids is 2. The molecular weight excluding hydrogens is 838 g/mol. The van der Waals surface area contributed by atoms with Crippen LogP contribution >= 0.6 is 0 Å². The average molecular weight is 896 g/mol. The molecule has 0 bridgehead atoms. The number of nitrogens with one attached hydrogen (secondary N) is 2. The number of amides is 2. The molecule has 0 unspecified atom stereocenters. The second kappa shape index (κ2) is 30.2. The largest absolute Gasteiger partial charge is 1.00 e. The summed E-state index contributed by atoms with van der Waals surface area (Å²) in [4.78, 5) is 34.9. The zero-order valence-electron chi connectivity index (χ0n) is 37.1. The maximum atomic E-state index is 13.0. The molecule has 63 heavy (non-hydrogen) atoms. The van der Waals surface area contributed by atoms with E-state index >= 15 is 0 Å². The first-order valence-corrected chi connectivity index (χ1v) is 20.3. The van der Waals surface area contributed by atoms with E-state index in [0.717, 1.165) is 64.8 Å². The van der Waals surface area contributed by atoms with Gasteiger partial charge >= 0.3 is 0 Å². The van der Waals surface area contributed by atoms with Gasteiger partial charge in [-0.05, 0) is 54.9 Å². The van der Waals surface area contributed by atoms with Crippen molar-refractivity contribution < 1.29 is 45.0 Å². The third-order valence-electron chi connectivity index (χ3n) is 9.50. The fourth-order valence-corrected chi connectivity index (χ4v) is 6.55. The van der Waals surface area contributed by atoms with Crippen molar-refractivity contribution in [2.45, 2.75) is 26.2 Å². The van der Waals surface area contributed by atoms with Crippen molar-refractivity contribution in [2.75, 3.05) is 54.4 Å². The van der Waals surface area contributed by atoms with Crippen LogP contribution in [0.2, 0.25) is 6.82 Å². The third-order valence-corrected chi connectivity index (χ3v) is 9.50. The number of hydrogen-bond acceptors (Lipinski definition) is 3. The van der Waals surface area contributed by atoms with Crippen molar-refractivity contribution in [1.29, 1.82) is 0 Å². The number of benzene rings is 5. The van der Waals surface area contributed by atoms with Crippen LogP contribution in [0.25, 0.3) is 26.9 Å². The van der Waals surface area contributed by atoms with E-state index in [2.05, 4.69) is 78.0 Å². The molecule has 0 saturated heterocycles. The van der Waals surface area contributed by atoms with Crippen LogP contribution in [-0.2, 0) is 34.7 Å². The van der Waals surface area contributed by atoms with Gasteiger partial charge in [-0.3, -0.25) is 9.59 Å². The second-order valence-corrected chi connectivity index (χ2v) is 14.9. The zero-order chi connectivity index (χ0) is 44.5. The van der Waals surface area contributed by atoms with Crippen LogP contribution in [-0.4, -0.2) is 83.4 Å². The van der Waals surface area contributed by atoms with Crippen molar-refractivity contribution in [3.63, 3.8) is 0 Å². The van der Waals surface area contributed by atoms with Gasteiger partial charge in [-0.2, -0.15) is 0 Å². The van der Waals surface area contributed by atoms with E-state index in [0.29, 0.717) is 24.2 Å². The van der Waals surface area contributed by atoms with Gasteiger partial charge in [0.15, 0.2) is 0 Å². The minimum absolute atomic E-state index is 0. The van der Waals surface area contributed by atoms with Crippen LogP contribution in [0.1, 0.15) is 46.2 Å². The van der Waals surface area contributed by atoms with E-state index in [1.54, 1.807) is 0 Å². The molecule has 323 valence electrons. The van der Waals surface area contributed by atoms with Gasteiger partial charge in [-0.25, -0.2) is 9.69 Å². The summed E-state index contributed by atoms with van der Waals surface area (Å²) >= 11 is 0. The van der Waals surface area contributed by atoms with Gasteiger partial charge in [0.05, 0.1) is 41.6 Å². The fraction of sp³-hybridized carbons (Fsp3) is 0.231. The first-order valence-electron chi connectivity index (χ1n) is 20.3. The molecule has 0 aliphatic carbocycles. The molecule has 0 aliphatic rings. The standard InChI is InChI=1S/C30H31N3O.C21H23N3O.CH3B.ClH.V/c1-5-24-17-19-25(20-18-24)23-33(3,4)22-12-21-32-30(34)29(31-2)28(26-13-8-6-9-14-26)27-15-10-7-11-16-27;1-22-20(21(25)23-15-10-16-24(2)3)19(17-11-6-4-7-12-17)18-13-8-5-9-14-18;1-2;;/h5-11,13-20H,1,12,21-23H2,3-4H3;4-9,11-14H,10,15-16H2,2-3H3,(H,23,25);1H3;1H;. The second-order valence-electron chi connectivity index (χ2n) is 14.9. The average Bonchev–Trinajstić information content (AvgIpc) is 3.29. The van der Waals surface area contributed by atoms with Gasteiger partial charge in [0.2, 0.25) is 0 Å². The smallest absolute Gasteiger partial charge is 0.258 e. The summed E-state index contributed by atoms with van der Waals surface area (Å²) < 4.78 is 0.814. The summed E-state index contributed by atoms with van der Waals surface area (Å²) in [7, 11) is 12.9. The van der Waals surface area contributed by atoms with E-state index in [-0.39, 0.29) is 54.2 Å². The third kappa shape index (κ3) is 18.5. The van der Waals surface area contributed by atoms with Crippen LogP contribution in [0.5, 0.6) is 0 Å². The number of halogens is 1. The van der Waals surface area contributed by atoms with Gasteiger partial charge < -0.3 is 32.4 Å². The molecular formula is C52H58BClN6O2V. The molecule has 0 saturated carbocycles. The normalized spacial score (nSPS) is 9.90. The Morgan fingerprint density at radius 3 is 1.30 bits per heavy atom. The molecule has 0 aliphatic heterocycles. The summed E-state index contributed by atoms with van der Waals surface area (Å²) in [5.41, 5.74) is 7.40. The minimum atomic E-state index is -0.331. The summed E-state index contributed by atoms with van der Waals surface area (Å²) in [6.07, 6.45) is 3.51. The fourth-order valence-electron chi connectivity index (χ4n) is 6.55. The van der Waals surface area contributed by atoms with Crippen LogP contribution in [0.15, 0.2) is 164 Å². The Hall–Kier alpha value is -5.90. The SMILES string of the molecule is [B]C.[C-]#[N+]C(C(=O)NCCCN(C)C)=C(c1ccccc1)c1ccccc1.[C-]#[N+]C(C(=O)NCCC[N+](C)(C)Cc1ccc(C=C)cc1)=C(c1ccccc1)c1ccccc1.[Cl-].[V]. The molecule has 3 radical (unpaired) electrons. The molecule has 0 atom stereocenters. The number of carbonyl (C=O) groups is 2. The molecule has 5 aromatic carbocycles. The Morgan fingerprint density at radius 2 is 0.984 bits per heavy atom. The monoisotopic (exact) mass is 895 g/mol. The molecule has 0 spiro atoms. The maximum Gasteiger partial charge on any atom is 0.258 e. The Balaban J connectivity index is 0.000000612. The Bertz CT molecular complexity index is 2190. The van der Waals surface area contributed by atoms with E-state index in [4.69, 9.17) is 13.1 Å². The minimum Gasteiger partial charge on any atom is -1.00 e. The topological polar surface area (TPSA) is 70.2 Å². The predicted molar refractivity (Wildman–Crippen MR) is 254 cm³/mol. The Morgan fingerprint density at radius 1 is 0.635 bits per heavy atom. The predicted octanol–water partition coefficient (Wildman–Crippen LogP) is 6.43. The van der Waals surface area contributed by atoms with Crippen molar-refractivity contribution in [3.8, 4) is 0 Å². The molecule has 2 N–H and O–H groups in total. The summed E-state index contributed by atoms with van der Waals surface area (Å²) in [5, 5.41) is 5.85. The summed E-state index contributed by atoms with van der Waals surface area (Å²) in [6, 6.07) is 46.9. The Labute approximate surface area is 395 Å². The molecule has 8 nitrogen and oxygen atoms in total. The Kier molecular flexibility index (Phi) is 26.4. The van der Waals surface area contributed by atoms with Crippen LogP contribution in [0.3, 0.4) is 0 Å². The quantitative estimate of drug-likeness (QED) is 0.0372. The molecule has 11 heteroatoms. The van der Waals surface area contributed by atoms with Crippen LogP contribution in [0.4, 0.5) is 0 Å². The summed E-state index contributed by atoms with van der Waals surface area (Å²) in [6.45, 7) is 24.4. The number of rotatable bonds is 17. The van der Waals surface area contributed by atoms with Gasteiger partial charge in [0.1, 0.15) is 6.54 Å². The van der Waals surface area contributed by atoms with Crippen molar-refractivity contribution in [3.05, 3.63) is 220 Å². The molecule has 0 heterocycles. The first-order chi connectivity index (χ1) is 29.6. The number of quaternary nitrogens is 1. The van der Waals surface area contributed by atoms with E-state index in [1.165, 1.54) is 12.4 Å². The molecule has 5 rings (SSSR count). The summed E-state index contributed by atoms with van der Waals surface area (Å²) in [5.74, 6) is -0.653. The van der Waals surface area contributed by atoms with E-state index < -0.39 is 0 Å². The van der Waals surface area contributed by atoms with E-state index in [1.807, 2.05) is 141 Å². The van der Waals surface area contributed by atoms with Crippen LogP contribution in [0, 0.1) is 13.1 Å². The zero-order valence-corrected chi connectivity index (χ0v) is 39.3. The van der Waals surface area contributed by atoms with Crippen molar-refractivity contribution >= 4 is 36.9 Å². The van der Waals surface area contributed by atoms with Gasteiger partial charge in [0, 0.05) is 54.8 Å². The number of hydrogen-bond donors (Lipinski definition) is 2. The molecule has 0 aromatic heterocycles. The van der Waals surface area contributed by atoms with Crippen molar-refractivity contribution in [2.24, 2.45) is 0 Å². The van der Waals surface area contributed by atoms with E-state index in [9.17, 15) is 9.59 Å². The van der Waals surface area contributed by atoms with Crippen molar-refractivity contribution in [1.82, 2.24) is 15.5 Å². The van der Waals surface area contributed by atoms with Gasteiger partial charge in [-0.15, -0.1) is 0 Å². The molecule has 0 fully saturated rings. The molecule has 2 amide bonds. The molecule has 5 aromatic rings. The van der Waals surface area contributed by atoms with Gasteiger partial charge in [-0.1, -0.05) is 165 Å². The van der Waals surface area contributed by atoms with Crippen LogP contribution < -0.4 is 23.0 Å². The van der Waals surface area contributed by atoms with Gasteiger partial charge in [0.25, 0.3) is 23.2 Å². The first kappa shape index (κ1) is 55.1. The maximum absolute atomic E-state index is 13.0. The number of nitrogens with zero attached hydrogens (tertiary/aromatic N) is 4.